The summed E-state index contributed by atoms with van der Waals surface area (Å²) in [6, 6.07) is 4.92. The van der Waals surface area contributed by atoms with E-state index in [1.165, 1.54) is 30.9 Å². The molecule has 0 radical (unpaired) electrons. The molecule has 0 bridgehead atoms. The summed E-state index contributed by atoms with van der Waals surface area (Å²) in [6.45, 7) is 2.36. The monoisotopic (exact) mass is 298 g/mol. The maximum Gasteiger partial charge on any atom is 0.136 e. The van der Waals surface area contributed by atoms with E-state index in [0.717, 1.165) is 12.0 Å². The van der Waals surface area contributed by atoms with E-state index in [2.05, 4.69) is 11.1 Å². The average Bonchev–Trinajstić information content (AvgIpc) is 3.10. The Morgan fingerprint density at radius 2 is 2.09 bits per heavy atom. The third kappa shape index (κ3) is 2.32. The van der Waals surface area contributed by atoms with Crippen molar-refractivity contribution in [2.45, 2.75) is 32.6 Å². The molecule has 114 valence electrons. The molecule has 0 aliphatic heterocycles. The molecule has 4 rings (SSSR count). The van der Waals surface area contributed by atoms with Gasteiger partial charge in [-0.1, -0.05) is 6.08 Å². The molecule has 0 saturated heterocycles. The van der Waals surface area contributed by atoms with Crippen LogP contribution >= 0.6 is 0 Å². The molecule has 1 aromatic heterocycles. The van der Waals surface area contributed by atoms with Gasteiger partial charge in [0.2, 0.25) is 0 Å². The maximum atomic E-state index is 14.2. The predicted molar refractivity (Wildman–Crippen MR) is 85.3 cm³/mol. The van der Waals surface area contributed by atoms with Crippen LogP contribution in [-0.4, -0.2) is 11.6 Å². The zero-order valence-electron chi connectivity index (χ0n) is 12.7. The molecule has 4 heteroatoms. The first-order valence-corrected chi connectivity index (χ1v) is 7.74. The number of hydrogen-bond donors (Lipinski definition) is 1. The molecule has 0 unspecified atom stereocenters. The number of fused-ring (bicyclic) bond motifs is 1. The van der Waals surface area contributed by atoms with Crippen molar-refractivity contribution in [3.05, 3.63) is 41.2 Å². The van der Waals surface area contributed by atoms with Gasteiger partial charge in [-0.15, -0.1) is 0 Å². The first-order chi connectivity index (χ1) is 10.5. The van der Waals surface area contributed by atoms with Gasteiger partial charge in [-0.25, -0.2) is 9.37 Å². The van der Waals surface area contributed by atoms with Crippen LogP contribution in [0.15, 0.2) is 29.8 Å². The minimum absolute atomic E-state index is 0.317. The predicted octanol–water partition coefficient (Wildman–Crippen LogP) is 4.14. The second-order valence-corrected chi connectivity index (χ2v) is 6.62. The fourth-order valence-corrected chi connectivity index (χ4v) is 3.24. The molecule has 3 nitrogen and oxygen atoms in total. The quantitative estimate of drug-likeness (QED) is 0.866. The lowest BCUT2D eigenvalue weighted by Gasteiger charge is -2.09. The highest BCUT2D eigenvalue weighted by atomic mass is 19.1. The van der Waals surface area contributed by atoms with Crippen LogP contribution < -0.4 is 10.5 Å². The van der Waals surface area contributed by atoms with Crippen LogP contribution in [0.3, 0.4) is 0 Å². The summed E-state index contributed by atoms with van der Waals surface area (Å²) in [7, 11) is 0. The van der Waals surface area contributed by atoms with Crippen LogP contribution in [0.25, 0.3) is 10.9 Å². The molecule has 2 aliphatic carbocycles. The first kappa shape index (κ1) is 13.6. The molecule has 0 atom stereocenters. The van der Waals surface area contributed by atoms with Crippen molar-refractivity contribution >= 4 is 16.7 Å². The molecule has 1 fully saturated rings. The van der Waals surface area contributed by atoms with Gasteiger partial charge in [-0.05, 0) is 55.2 Å². The Morgan fingerprint density at radius 3 is 2.82 bits per heavy atom. The largest absolute Gasteiger partial charge is 0.489 e. The third-order valence-corrected chi connectivity index (χ3v) is 4.86. The van der Waals surface area contributed by atoms with Gasteiger partial charge in [0.1, 0.15) is 24.0 Å². The van der Waals surface area contributed by atoms with E-state index in [4.69, 9.17) is 10.5 Å². The Labute approximate surface area is 129 Å². The Balaban J connectivity index is 1.58. The molecular weight excluding hydrogens is 279 g/mol. The normalized spacial score (nSPS) is 18.7. The fourth-order valence-electron chi connectivity index (χ4n) is 3.24. The molecular formula is C18H19FN2O. The van der Waals surface area contributed by atoms with Crippen LogP contribution in [0.2, 0.25) is 0 Å². The summed E-state index contributed by atoms with van der Waals surface area (Å²) >= 11 is 0. The molecule has 22 heavy (non-hydrogen) atoms. The van der Waals surface area contributed by atoms with Gasteiger partial charge in [-0.2, -0.15) is 0 Å². The molecule has 1 saturated carbocycles. The smallest absolute Gasteiger partial charge is 0.136 e. The van der Waals surface area contributed by atoms with E-state index in [-0.39, 0.29) is 5.82 Å². The number of nitrogens with two attached hydrogens (primary N) is 1. The minimum atomic E-state index is -0.317. The highest BCUT2D eigenvalue weighted by Gasteiger charge is 2.43. The number of benzene rings is 1. The average molecular weight is 298 g/mol. The molecule has 2 aliphatic rings. The lowest BCUT2D eigenvalue weighted by atomic mass is 10.1. The van der Waals surface area contributed by atoms with E-state index in [0.29, 0.717) is 34.5 Å². The zero-order valence-corrected chi connectivity index (χ0v) is 12.7. The Hall–Kier alpha value is -2.10. The molecule has 1 aromatic carbocycles. The lowest BCUT2D eigenvalue weighted by Crippen LogP contribution is -2.01. The summed E-state index contributed by atoms with van der Waals surface area (Å²) < 4.78 is 20.0. The second kappa shape index (κ2) is 4.70. The van der Waals surface area contributed by atoms with Crippen LogP contribution in [-0.2, 0) is 0 Å². The number of anilines is 1. The Kier molecular flexibility index (Phi) is 2.90. The molecule has 0 amide bonds. The van der Waals surface area contributed by atoms with Crippen molar-refractivity contribution in [3.8, 4) is 5.75 Å². The van der Waals surface area contributed by atoms with E-state index >= 15 is 0 Å². The van der Waals surface area contributed by atoms with E-state index in [1.807, 2.05) is 6.92 Å². The minimum Gasteiger partial charge on any atom is -0.489 e. The lowest BCUT2D eigenvalue weighted by molar-refractivity contribution is 0.347. The van der Waals surface area contributed by atoms with Gasteiger partial charge < -0.3 is 10.5 Å². The van der Waals surface area contributed by atoms with Gasteiger partial charge in [-0.3, -0.25) is 0 Å². The van der Waals surface area contributed by atoms with Crippen molar-refractivity contribution in [3.63, 3.8) is 0 Å². The van der Waals surface area contributed by atoms with Crippen LogP contribution in [0.5, 0.6) is 5.75 Å². The number of nitrogen functional groups attached to an aromatic ring is 1. The van der Waals surface area contributed by atoms with Gasteiger partial charge in [0.05, 0.1) is 5.52 Å². The summed E-state index contributed by atoms with van der Waals surface area (Å²) in [5, 5.41) is 0.482. The van der Waals surface area contributed by atoms with Crippen molar-refractivity contribution in [2.24, 2.45) is 5.41 Å². The Bertz CT molecular complexity index is 793. The van der Waals surface area contributed by atoms with E-state index in [1.54, 1.807) is 12.1 Å². The number of halogens is 1. The number of pyridine rings is 1. The fraction of sp³-hybridized carbons (Fsp3) is 0.389. The first-order valence-electron chi connectivity index (χ1n) is 7.74. The maximum absolute atomic E-state index is 14.2. The van der Waals surface area contributed by atoms with Crippen molar-refractivity contribution < 1.29 is 9.13 Å². The highest BCUT2D eigenvalue weighted by molar-refractivity contribution is 5.83. The highest BCUT2D eigenvalue weighted by Crippen LogP contribution is 2.55. The van der Waals surface area contributed by atoms with Crippen LogP contribution in [0, 0.1) is 18.2 Å². The topological polar surface area (TPSA) is 48.1 Å². The summed E-state index contributed by atoms with van der Waals surface area (Å²) in [5.41, 5.74) is 8.95. The number of allylic oxidation sites excluding steroid dienone is 1. The summed E-state index contributed by atoms with van der Waals surface area (Å²) in [5.74, 6) is 0.624. The zero-order chi connectivity index (χ0) is 15.3. The van der Waals surface area contributed by atoms with Crippen molar-refractivity contribution in [1.29, 1.82) is 0 Å². The number of aromatic nitrogens is 1. The van der Waals surface area contributed by atoms with E-state index < -0.39 is 0 Å². The summed E-state index contributed by atoms with van der Waals surface area (Å²) in [4.78, 5) is 4.25. The van der Waals surface area contributed by atoms with Crippen LogP contribution in [0.4, 0.5) is 10.2 Å². The number of hydrogen-bond acceptors (Lipinski definition) is 3. The van der Waals surface area contributed by atoms with Crippen LogP contribution in [0.1, 0.15) is 31.2 Å². The number of rotatable bonds is 3. The number of ether oxygens (including phenoxy) is 1. The van der Waals surface area contributed by atoms with Gasteiger partial charge >= 0.3 is 0 Å². The van der Waals surface area contributed by atoms with Gasteiger partial charge in [0.25, 0.3) is 0 Å². The molecule has 2 N–H and O–H groups in total. The standard InChI is InChI=1S/C18H19FN2O/c1-11-6-14-15(19)7-13(8-16(14)21-17(11)20)22-10-12-2-3-18(9-12)4-5-18/h6-9H,2-5,10H2,1H3,(H2,20,21). The van der Waals surface area contributed by atoms with E-state index in [9.17, 15) is 4.39 Å². The number of nitrogens with zero attached hydrogens (tertiary/aromatic N) is 1. The summed E-state index contributed by atoms with van der Waals surface area (Å²) in [6.07, 6.45) is 7.33. The van der Waals surface area contributed by atoms with Crippen molar-refractivity contribution in [1.82, 2.24) is 4.98 Å². The van der Waals surface area contributed by atoms with Gasteiger partial charge in [0, 0.05) is 17.5 Å². The Morgan fingerprint density at radius 1 is 1.27 bits per heavy atom. The SMILES string of the molecule is Cc1cc2c(F)cc(OCC3=CC4(CC3)CC4)cc2nc1N. The number of aryl methyl sites for hydroxylation is 1. The van der Waals surface area contributed by atoms with Crippen molar-refractivity contribution in [2.75, 3.05) is 12.3 Å². The molecule has 2 aromatic rings. The molecule has 1 spiro atoms. The second-order valence-electron chi connectivity index (χ2n) is 6.62. The molecule has 1 heterocycles. The van der Waals surface area contributed by atoms with Gasteiger partial charge in [0.15, 0.2) is 0 Å². The third-order valence-electron chi connectivity index (χ3n) is 4.86.